The quantitative estimate of drug-likeness (QED) is 0.661. The molecule has 2 rings (SSSR count). The van der Waals surface area contributed by atoms with E-state index < -0.39 is 0 Å². The fourth-order valence-corrected chi connectivity index (χ4v) is 5.85. The number of hydrogen-bond donors (Lipinski definition) is 0. The Morgan fingerprint density at radius 3 is 2.53 bits per heavy atom. The second-order valence-electron chi connectivity index (χ2n) is 7.07. The molecular weight excluding hydrogens is 256 g/mol. The van der Waals surface area contributed by atoms with Crippen LogP contribution in [0.25, 0.3) is 0 Å². The molecule has 2 heteroatoms. The van der Waals surface area contributed by atoms with Crippen molar-refractivity contribution in [3.63, 3.8) is 0 Å². The van der Waals surface area contributed by atoms with E-state index in [-0.39, 0.29) is 9.52 Å². The minimum absolute atomic E-state index is 0.0162. The van der Waals surface area contributed by atoms with Gasteiger partial charge in [0.1, 0.15) is 0 Å². The van der Waals surface area contributed by atoms with Crippen LogP contribution in [0.15, 0.2) is 22.8 Å². The predicted molar refractivity (Wildman–Crippen MR) is 75.0 cm³/mol. The second-order valence-corrected chi connectivity index (χ2v) is 11.7. The van der Waals surface area contributed by atoms with Gasteiger partial charge in [0, 0.05) is 0 Å². The second kappa shape index (κ2) is 4.83. The van der Waals surface area contributed by atoms with Crippen LogP contribution in [0.3, 0.4) is 0 Å². The molecule has 0 radical (unpaired) electrons. The standard InChI is InChI=1S/C15H25Si.Ti/c1-11-13(10-16-15(2,3)4)9-12-7-5-6-8-14(11)12;/h9H,5-8,10,16H2,1-4H3;. The zero-order chi connectivity index (χ0) is 12.7. The molecule has 0 nitrogen and oxygen atoms in total. The van der Waals surface area contributed by atoms with Crippen LogP contribution in [-0.2, 0) is 20.4 Å². The van der Waals surface area contributed by atoms with Crippen molar-refractivity contribution in [1.29, 1.82) is 0 Å². The zero-order valence-corrected chi connectivity index (χ0v) is 14.8. The molecule has 1 unspecified atom stereocenters. The molecule has 93 valence electrons. The number of rotatable bonds is 2. The summed E-state index contributed by atoms with van der Waals surface area (Å²) in [5, 5.41) is 0.597. The van der Waals surface area contributed by atoms with Gasteiger partial charge in [0.25, 0.3) is 0 Å². The third-order valence-corrected chi connectivity index (χ3v) is 7.51. The van der Waals surface area contributed by atoms with Crippen molar-refractivity contribution in [2.45, 2.75) is 68.2 Å². The molecule has 0 fully saturated rings. The zero-order valence-electron chi connectivity index (χ0n) is 11.8. The summed E-state index contributed by atoms with van der Waals surface area (Å²) in [7, 11) is 0.0162. The first kappa shape index (κ1) is 13.8. The molecule has 0 amide bonds. The summed E-state index contributed by atoms with van der Waals surface area (Å²) >= 11 is 2.46. The molecular formula is C15H25SiTi. The van der Waals surface area contributed by atoms with E-state index in [0.29, 0.717) is 8.76 Å². The maximum atomic E-state index is 2.58. The summed E-state index contributed by atoms with van der Waals surface area (Å²) in [4.78, 5) is 0. The van der Waals surface area contributed by atoms with Crippen LogP contribution in [-0.4, -0.2) is 9.52 Å². The van der Waals surface area contributed by atoms with Gasteiger partial charge in [-0.3, -0.25) is 0 Å². The maximum absolute atomic E-state index is 2.58. The van der Waals surface area contributed by atoms with Gasteiger partial charge in [-0.1, -0.05) is 0 Å². The summed E-state index contributed by atoms with van der Waals surface area (Å²) < 4.78 is 0.397. The Kier molecular flexibility index (Phi) is 3.93. The molecule has 0 saturated carbocycles. The molecule has 2 aliphatic carbocycles. The van der Waals surface area contributed by atoms with E-state index in [1.807, 2.05) is 0 Å². The Bertz CT molecular complexity index is 369. The van der Waals surface area contributed by atoms with Crippen LogP contribution in [0.5, 0.6) is 0 Å². The monoisotopic (exact) mass is 281 g/mol. The van der Waals surface area contributed by atoms with E-state index in [4.69, 9.17) is 0 Å². The molecule has 0 saturated heterocycles. The van der Waals surface area contributed by atoms with E-state index in [1.54, 1.807) is 16.7 Å². The van der Waals surface area contributed by atoms with Gasteiger partial charge in [-0.05, 0) is 0 Å². The van der Waals surface area contributed by atoms with Gasteiger partial charge in [0.2, 0.25) is 0 Å². The Labute approximate surface area is 121 Å². The molecule has 2 aliphatic rings. The average molecular weight is 281 g/mol. The van der Waals surface area contributed by atoms with Crippen molar-refractivity contribution in [3.05, 3.63) is 22.8 Å². The molecule has 0 aromatic heterocycles. The molecule has 0 aliphatic heterocycles. The summed E-state index contributed by atoms with van der Waals surface area (Å²) in [6, 6.07) is 1.42. The van der Waals surface area contributed by atoms with Crippen LogP contribution in [0.4, 0.5) is 0 Å². The Morgan fingerprint density at radius 2 is 1.94 bits per heavy atom. The van der Waals surface area contributed by atoms with Gasteiger partial charge in [-0.25, -0.2) is 0 Å². The van der Waals surface area contributed by atoms with Crippen LogP contribution >= 0.6 is 0 Å². The first-order valence-electron chi connectivity index (χ1n) is 6.99. The Balaban J connectivity index is 2.11. The summed E-state index contributed by atoms with van der Waals surface area (Å²) in [6.07, 6.45) is 8.11. The summed E-state index contributed by atoms with van der Waals surface area (Å²) in [6.45, 7) is 9.70. The van der Waals surface area contributed by atoms with Crippen molar-refractivity contribution in [2.75, 3.05) is 0 Å². The van der Waals surface area contributed by atoms with Gasteiger partial charge >= 0.3 is 121 Å². The van der Waals surface area contributed by atoms with Crippen LogP contribution < -0.4 is 0 Å². The first-order valence-corrected chi connectivity index (χ1v) is 9.48. The molecule has 17 heavy (non-hydrogen) atoms. The predicted octanol–water partition coefficient (Wildman–Crippen LogP) is 4.33. The first-order chi connectivity index (χ1) is 7.81. The van der Waals surface area contributed by atoms with Gasteiger partial charge in [-0.15, -0.1) is 0 Å². The van der Waals surface area contributed by atoms with Gasteiger partial charge in [0.15, 0.2) is 0 Å². The van der Waals surface area contributed by atoms with Crippen LogP contribution in [0, 0.1) is 0 Å². The third kappa shape index (κ3) is 3.05. The van der Waals surface area contributed by atoms with Crippen molar-refractivity contribution < 1.29 is 20.4 Å². The summed E-state index contributed by atoms with van der Waals surface area (Å²) in [5.41, 5.74) is 5.24. The molecule has 0 heterocycles. The van der Waals surface area contributed by atoms with Gasteiger partial charge < -0.3 is 0 Å². The number of allylic oxidation sites excluding steroid dienone is 4. The van der Waals surface area contributed by atoms with Crippen LogP contribution in [0.2, 0.25) is 14.8 Å². The number of hydrogen-bond acceptors (Lipinski definition) is 0. The van der Waals surface area contributed by atoms with Gasteiger partial charge in [-0.2, -0.15) is 0 Å². The minimum atomic E-state index is 0.0162. The molecule has 0 aromatic rings. The van der Waals surface area contributed by atoms with Crippen molar-refractivity contribution in [3.8, 4) is 0 Å². The van der Waals surface area contributed by atoms with Crippen LogP contribution in [0.1, 0.15) is 53.4 Å². The van der Waals surface area contributed by atoms with E-state index >= 15 is 0 Å². The van der Waals surface area contributed by atoms with Crippen molar-refractivity contribution in [2.24, 2.45) is 0 Å². The molecule has 1 atom stereocenters. The van der Waals surface area contributed by atoms with E-state index in [2.05, 4.69) is 54.2 Å². The SMILES string of the molecule is CC(C)(C)[SiH2]CC1=CC2=C(CCCC2)[C]1(C)[Ti]. The fraction of sp³-hybridized carbons (Fsp3) is 0.733. The fourth-order valence-electron chi connectivity index (χ4n) is 3.04. The topological polar surface area (TPSA) is 0 Å². The van der Waals surface area contributed by atoms with Crippen molar-refractivity contribution in [1.82, 2.24) is 0 Å². The Hall–Kier alpha value is 0.411. The summed E-state index contributed by atoms with van der Waals surface area (Å²) in [5.74, 6) is 0. The third-order valence-electron chi connectivity index (χ3n) is 4.25. The molecule has 0 bridgehead atoms. The Morgan fingerprint density at radius 1 is 1.29 bits per heavy atom. The van der Waals surface area contributed by atoms with Crippen molar-refractivity contribution >= 4 is 9.52 Å². The van der Waals surface area contributed by atoms with E-state index in [1.165, 1.54) is 31.7 Å². The van der Waals surface area contributed by atoms with E-state index in [9.17, 15) is 0 Å². The average Bonchev–Trinajstić information content (AvgIpc) is 2.47. The molecule has 0 aromatic carbocycles. The van der Waals surface area contributed by atoms with Gasteiger partial charge in [0.05, 0.1) is 0 Å². The molecule has 0 spiro atoms. The van der Waals surface area contributed by atoms with E-state index in [0.717, 1.165) is 0 Å². The molecule has 0 N–H and O–H groups in total. The normalized spacial score (nSPS) is 29.9.